The number of nitrogens with one attached hydrogen (secondary N) is 2. The van der Waals surface area contributed by atoms with Gasteiger partial charge >= 0.3 is 17.9 Å². The summed E-state index contributed by atoms with van der Waals surface area (Å²) in [7, 11) is 0. The molecule has 14 nitrogen and oxygen atoms in total. The van der Waals surface area contributed by atoms with E-state index in [-0.39, 0.29) is 49.7 Å². The Labute approximate surface area is 372 Å². The van der Waals surface area contributed by atoms with Crippen LogP contribution in [0.15, 0.2) is 0 Å². The Bertz CT molecular complexity index is 1250. The lowest BCUT2D eigenvalue weighted by atomic mass is 9.79. The molecule has 14 heteroatoms. The van der Waals surface area contributed by atoms with E-state index in [0.29, 0.717) is 83.2 Å². The number of amides is 2. The summed E-state index contributed by atoms with van der Waals surface area (Å²) in [6.45, 7) is 4.33. The van der Waals surface area contributed by atoms with Crippen molar-refractivity contribution >= 4 is 41.3 Å². The van der Waals surface area contributed by atoms with Gasteiger partial charge in [0, 0.05) is 70.1 Å². The number of carbonyl (C=O) groups excluding carboxylic acids is 4. The minimum atomic E-state index is -1.26. The summed E-state index contributed by atoms with van der Waals surface area (Å²) in [5.74, 6) is -4.69. The van der Waals surface area contributed by atoms with Gasteiger partial charge in [-0.2, -0.15) is 0 Å². The van der Waals surface area contributed by atoms with Crippen molar-refractivity contribution in [3.63, 3.8) is 0 Å². The third-order valence-electron chi connectivity index (χ3n) is 12.0. The first-order valence-electron chi connectivity index (χ1n) is 24.4. The van der Waals surface area contributed by atoms with Crippen LogP contribution in [-0.4, -0.2) is 95.6 Å². The molecule has 0 heterocycles. The molecule has 358 valence electrons. The second kappa shape index (κ2) is 38.1. The quantitative estimate of drug-likeness (QED) is 0.0362. The number of carboxylic acids is 3. The normalized spacial score (nSPS) is 16.0. The van der Waals surface area contributed by atoms with E-state index in [1.165, 1.54) is 70.6 Å². The highest BCUT2D eigenvalue weighted by Gasteiger charge is 2.30. The Morgan fingerprint density at radius 1 is 0.548 bits per heavy atom. The summed E-state index contributed by atoms with van der Waals surface area (Å²) in [6, 6.07) is -1.26. The summed E-state index contributed by atoms with van der Waals surface area (Å²) >= 11 is 0. The van der Waals surface area contributed by atoms with Crippen molar-refractivity contribution in [1.29, 1.82) is 0 Å². The predicted octanol–water partition coefficient (Wildman–Crippen LogP) is 8.99. The van der Waals surface area contributed by atoms with Crippen molar-refractivity contribution in [3.05, 3.63) is 0 Å². The SMILES string of the molecule is CCCOCCOCCCNC(=O)C(CCC(=O)O)CC(=O)CCC(NC(=O)C1CCC(CCC(=O)CCCCCCCCCCCCCCCCCCC(=O)O)CC1)C(=O)O. The molecule has 1 rings (SSSR count). The van der Waals surface area contributed by atoms with Crippen molar-refractivity contribution < 1.29 is 58.4 Å². The topological polar surface area (TPSA) is 223 Å². The molecule has 62 heavy (non-hydrogen) atoms. The second-order valence-electron chi connectivity index (χ2n) is 17.5. The van der Waals surface area contributed by atoms with Gasteiger partial charge in [-0.1, -0.05) is 96.8 Å². The molecule has 2 amide bonds. The first-order valence-corrected chi connectivity index (χ1v) is 24.4. The number of unbranched alkanes of at least 4 members (excludes halogenated alkanes) is 15. The van der Waals surface area contributed by atoms with Gasteiger partial charge in [-0.3, -0.25) is 28.8 Å². The van der Waals surface area contributed by atoms with Crippen LogP contribution in [0.5, 0.6) is 0 Å². The lowest BCUT2D eigenvalue weighted by molar-refractivity contribution is -0.143. The maximum Gasteiger partial charge on any atom is 0.326 e. The Balaban J connectivity index is 2.20. The molecule has 0 aromatic rings. The van der Waals surface area contributed by atoms with E-state index in [1.807, 2.05) is 6.92 Å². The number of hydrogen-bond acceptors (Lipinski definition) is 9. The van der Waals surface area contributed by atoms with Gasteiger partial charge in [0.15, 0.2) is 0 Å². The molecule has 0 aromatic carbocycles. The molecule has 0 saturated heterocycles. The highest BCUT2D eigenvalue weighted by molar-refractivity contribution is 5.88. The summed E-state index contributed by atoms with van der Waals surface area (Å²) in [4.78, 5) is 85.1. The number of carbonyl (C=O) groups is 7. The molecule has 0 spiro atoms. The average Bonchev–Trinajstić information content (AvgIpc) is 3.24. The van der Waals surface area contributed by atoms with E-state index in [0.717, 1.165) is 57.8 Å². The van der Waals surface area contributed by atoms with Crippen molar-refractivity contribution in [3.8, 4) is 0 Å². The summed E-state index contributed by atoms with van der Waals surface area (Å²) in [5.41, 5.74) is 0. The molecule has 0 aromatic heterocycles. The van der Waals surface area contributed by atoms with Crippen LogP contribution in [0.1, 0.15) is 206 Å². The van der Waals surface area contributed by atoms with Gasteiger partial charge in [-0.15, -0.1) is 0 Å². The van der Waals surface area contributed by atoms with Crippen LogP contribution in [0.4, 0.5) is 0 Å². The fourth-order valence-electron chi connectivity index (χ4n) is 8.13. The molecular weight excluding hydrogens is 797 g/mol. The molecule has 1 fully saturated rings. The number of carboxylic acid groups (broad SMARTS) is 3. The summed E-state index contributed by atoms with van der Waals surface area (Å²) < 4.78 is 10.8. The smallest absolute Gasteiger partial charge is 0.326 e. The van der Waals surface area contributed by atoms with Crippen LogP contribution < -0.4 is 10.6 Å². The standard InChI is InChI=1S/C48H84N2O12/c1-2-33-61-35-36-62-34-19-32-49-46(57)40(27-31-45(55)56)37-42(52)29-30-43(48(59)60)50-47(58)39-25-22-38(23-26-39)24-28-41(51)20-17-15-13-11-9-7-5-3-4-6-8-10-12-14-16-18-21-44(53)54/h38-40,43H,2-37H2,1H3,(H,49,57)(H,50,58)(H,53,54)(H,55,56)(H,59,60). The molecule has 5 N–H and O–H groups in total. The van der Waals surface area contributed by atoms with E-state index in [9.17, 15) is 38.7 Å². The van der Waals surface area contributed by atoms with Gasteiger partial charge in [-0.05, 0) is 76.5 Å². The molecule has 0 bridgehead atoms. The number of Topliss-reactive ketones (excluding diaryl/α,β-unsaturated/α-hetero) is 2. The summed E-state index contributed by atoms with van der Waals surface area (Å²) in [6.07, 6.45) is 24.7. The molecule has 0 aliphatic heterocycles. The van der Waals surface area contributed by atoms with Crippen molar-refractivity contribution in [2.45, 2.75) is 212 Å². The number of rotatable bonds is 43. The Morgan fingerprint density at radius 3 is 1.58 bits per heavy atom. The lowest BCUT2D eigenvalue weighted by Gasteiger charge is -2.28. The van der Waals surface area contributed by atoms with E-state index >= 15 is 0 Å². The van der Waals surface area contributed by atoms with E-state index in [1.54, 1.807) is 0 Å². The van der Waals surface area contributed by atoms with E-state index in [2.05, 4.69) is 10.6 Å². The number of ketones is 2. The third kappa shape index (κ3) is 32.3. The maximum absolute atomic E-state index is 13.1. The predicted molar refractivity (Wildman–Crippen MR) is 239 cm³/mol. The fourth-order valence-corrected chi connectivity index (χ4v) is 8.13. The van der Waals surface area contributed by atoms with Gasteiger partial charge in [0.25, 0.3) is 0 Å². The molecule has 1 saturated carbocycles. The highest BCUT2D eigenvalue weighted by Crippen LogP contribution is 2.32. The van der Waals surface area contributed by atoms with E-state index < -0.39 is 35.8 Å². The van der Waals surface area contributed by atoms with Gasteiger partial charge in [-0.25, -0.2) is 4.79 Å². The molecule has 2 unspecified atom stereocenters. The average molecular weight is 881 g/mol. The van der Waals surface area contributed by atoms with Gasteiger partial charge < -0.3 is 35.4 Å². The zero-order chi connectivity index (χ0) is 45.6. The number of aliphatic carboxylic acids is 3. The molecule has 1 aliphatic carbocycles. The van der Waals surface area contributed by atoms with Crippen LogP contribution in [0.25, 0.3) is 0 Å². The van der Waals surface area contributed by atoms with Gasteiger partial charge in [0.1, 0.15) is 17.6 Å². The molecule has 2 atom stereocenters. The largest absolute Gasteiger partial charge is 0.481 e. The molecular formula is C48H84N2O12. The minimum Gasteiger partial charge on any atom is -0.481 e. The third-order valence-corrected chi connectivity index (χ3v) is 12.0. The lowest BCUT2D eigenvalue weighted by Crippen LogP contribution is -2.44. The van der Waals surface area contributed by atoms with E-state index in [4.69, 9.17) is 19.7 Å². The second-order valence-corrected chi connectivity index (χ2v) is 17.5. The van der Waals surface area contributed by atoms with Crippen molar-refractivity contribution in [2.75, 3.05) is 33.0 Å². The number of ether oxygens (including phenoxy) is 2. The van der Waals surface area contributed by atoms with Crippen LogP contribution >= 0.6 is 0 Å². The van der Waals surface area contributed by atoms with Gasteiger partial charge in [0.05, 0.1) is 13.2 Å². The van der Waals surface area contributed by atoms with Crippen molar-refractivity contribution in [1.82, 2.24) is 10.6 Å². The van der Waals surface area contributed by atoms with Crippen LogP contribution in [0.3, 0.4) is 0 Å². The maximum atomic E-state index is 13.1. The van der Waals surface area contributed by atoms with Crippen LogP contribution in [0.2, 0.25) is 0 Å². The van der Waals surface area contributed by atoms with Gasteiger partial charge in [0.2, 0.25) is 11.8 Å². The molecule has 0 radical (unpaired) electrons. The molecule has 1 aliphatic rings. The zero-order valence-electron chi connectivity index (χ0n) is 38.3. The Kier molecular flexibility index (Phi) is 34.8. The first kappa shape index (κ1) is 56.6. The fraction of sp³-hybridized carbons (Fsp3) is 0.854. The van der Waals surface area contributed by atoms with Crippen LogP contribution in [-0.2, 0) is 43.0 Å². The monoisotopic (exact) mass is 881 g/mol. The Morgan fingerprint density at radius 2 is 1.06 bits per heavy atom. The Hall–Kier alpha value is -3.39. The zero-order valence-corrected chi connectivity index (χ0v) is 38.3. The minimum absolute atomic E-state index is 0.0276. The van der Waals surface area contributed by atoms with Crippen molar-refractivity contribution in [2.24, 2.45) is 17.8 Å². The highest BCUT2D eigenvalue weighted by atomic mass is 16.5. The first-order chi connectivity index (χ1) is 29.9. The summed E-state index contributed by atoms with van der Waals surface area (Å²) in [5, 5.41) is 33.0. The number of hydrogen-bond donors (Lipinski definition) is 5. The van der Waals surface area contributed by atoms with Crippen LogP contribution in [0, 0.1) is 17.8 Å².